The first-order valence-electron chi connectivity index (χ1n) is 7.63. The number of rotatable bonds is 3. The maximum atomic E-state index is 11.1. The smallest absolute Gasteiger partial charge is 0.302 e. The number of aromatic nitrogens is 4. The summed E-state index contributed by atoms with van der Waals surface area (Å²) in [6, 6.07) is 7.56. The number of carbonyl (C=O) groups excluding carboxylic acids is 1. The first-order chi connectivity index (χ1) is 11.3. The fraction of sp³-hybridized carbons (Fsp3) is 0.353. The van der Waals surface area contributed by atoms with Crippen LogP contribution in [0.1, 0.15) is 39.0 Å². The third-order valence-corrected chi connectivity index (χ3v) is 4.04. The van der Waals surface area contributed by atoms with Gasteiger partial charge in [-0.15, -0.1) is 5.10 Å². The van der Waals surface area contributed by atoms with Crippen LogP contribution in [0.3, 0.4) is 0 Å². The first kappa shape index (κ1) is 16.5. The van der Waals surface area contributed by atoms with Crippen molar-refractivity contribution >= 4 is 23.2 Å². The molecule has 7 heteroatoms. The molecule has 126 valence electrons. The van der Waals surface area contributed by atoms with Crippen molar-refractivity contribution in [3.63, 3.8) is 0 Å². The summed E-state index contributed by atoms with van der Waals surface area (Å²) in [4.78, 5) is 15.6. The summed E-state index contributed by atoms with van der Waals surface area (Å²) in [5.74, 6) is 0.207. The highest BCUT2D eigenvalue weighted by Crippen LogP contribution is 2.32. The molecule has 0 aliphatic heterocycles. The van der Waals surface area contributed by atoms with Gasteiger partial charge in [0.1, 0.15) is 11.6 Å². The molecule has 0 atom stereocenters. The highest BCUT2D eigenvalue weighted by atomic mass is 35.5. The van der Waals surface area contributed by atoms with Gasteiger partial charge in [0.15, 0.2) is 11.5 Å². The first-order valence-corrected chi connectivity index (χ1v) is 8.01. The summed E-state index contributed by atoms with van der Waals surface area (Å²) in [5.41, 5.74) is 2.99. The van der Waals surface area contributed by atoms with Crippen LogP contribution in [0.5, 0.6) is 0 Å². The van der Waals surface area contributed by atoms with E-state index in [-0.39, 0.29) is 18.0 Å². The molecule has 0 unspecified atom stereocenters. The number of fused-ring (bicyclic) bond motifs is 1. The standard InChI is InChI=1S/C17H19ClN4O2/c1-10(23)24-9-11-7-5-6-8-12(11)15-19-16-13(18)14(17(2,3)4)20-22(16)21-15/h5-8,20H,9H2,1-4H3. The SMILES string of the molecule is CC(=O)OCc1ccccc1-c1nc2c(Cl)c(C(C)(C)C)[nH]n2n1. The molecule has 2 heterocycles. The molecule has 0 amide bonds. The van der Waals surface area contributed by atoms with Crippen molar-refractivity contribution in [1.29, 1.82) is 0 Å². The largest absolute Gasteiger partial charge is 0.461 e. The minimum absolute atomic E-state index is 0.132. The Bertz CT molecular complexity index is 905. The number of benzene rings is 1. The monoisotopic (exact) mass is 346 g/mol. The van der Waals surface area contributed by atoms with Crippen LogP contribution < -0.4 is 0 Å². The molecule has 3 aromatic rings. The third-order valence-electron chi connectivity index (χ3n) is 3.68. The Morgan fingerprint density at radius 1 is 1.33 bits per heavy atom. The fourth-order valence-electron chi connectivity index (χ4n) is 2.45. The number of carbonyl (C=O) groups is 1. The van der Waals surface area contributed by atoms with E-state index in [1.54, 1.807) is 4.63 Å². The number of nitrogens with zero attached hydrogens (tertiary/aromatic N) is 3. The third kappa shape index (κ3) is 3.01. The Morgan fingerprint density at radius 2 is 2.04 bits per heavy atom. The summed E-state index contributed by atoms with van der Waals surface area (Å²) >= 11 is 6.46. The molecule has 0 bridgehead atoms. The van der Waals surface area contributed by atoms with Crippen molar-refractivity contribution in [3.8, 4) is 11.4 Å². The molecule has 0 aliphatic rings. The minimum atomic E-state index is -0.326. The topological polar surface area (TPSA) is 72.3 Å². The lowest BCUT2D eigenvalue weighted by Gasteiger charge is -2.16. The van der Waals surface area contributed by atoms with Gasteiger partial charge in [-0.25, -0.2) is 4.98 Å². The van der Waals surface area contributed by atoms with Gasteiger partial charge < -0.3 is 4.74 Å². The van der Waals surface area contributed by atoms with Crippen molar-refractivity contribution in [2.24, 2.45) is 0 Å². The van der Waals surface area contributed by atoms with Crippen molar-refractivity contribution in [2.75, 3.05) is 0 Å². The van der Waals surface area contributed by atoms with Crippen molar-refractivity contribution in [3.05, 3.63) is 40.5 Å². The highest BCUT2D eigenvalue weighted by molar-refractivity contribution is 6.34. The zero-order valence-corrected chi connectivity index (χ0v) is 14.8. The van der Waals surface area contributed by atoms with Crippen molar-refractivity contribution in [2.45, 2.75) is 39.7 Å². The van der Waals surface area contributed by atoms with Gasteiger partial charge in [-0.1, -0.05) is 56.6 Å². The Balaban J connectivity index is 2.04. The van der Waals surface area contributed by atoms with Crippen LogP contribution in [0.2, 0.25) is 5.02 Å². The average molecular weight is 347 g/mol. The molecule has 0 fully saturated rings. The van der Waals surface area contributed by atoms with E-state index in [0.717, 1.165) is 16.8 Å². The Kier molecular flexibility index (Phi) is 4.09. The van der Waals surface area contributed by atoms with Gasteiger partial charge >= 0.3 is 5.97 Å². The number of halogens is 1. The Morgan fingerprint density at radius 3 is 2.67 bits per heavy atom. The second-order valence-electron chi connectivity index (χ2n) is 6.66. The number of esters is 1. The average Bonchev–Trinajstić information content (AvgIpc) is 3.05. The zero-order chi connectivity index (χ0) is 17.5. The molecule has 2 aromatic heterocycles. The van der Waals surface area contributed by atoms with Gasteiger partial charge in [0.25, 0.3) is 0 Å². The molecule has 24 heavy (non-hydrogen) atoms. The highest BCUT2D eigenvalue weighted by Gasteiger charge is 2.24. The van der Waals surface area contributed by atoms with Gasteiger partial charge in [-0.2, -0.15) is 4.63 Å². The number of nitrogens with one attached hydrogen (secondary N) is 1. The van der Waals surface area contributed by atoms with Gasteiger partial charge in [0.05, 0.1) is 5.69 Å². The Hall–Kier alpha value is -2.34. The van der Waals surface area contributed by atoms with Gasteiger partial charge in [0, 0.05) is 23.5 Å². The normalized spacial score (nSPS) is 11.9. The summed E-state index contributed by atoms with van der Waals surface area (Å²) < 4.78 is 6.68. The molecule has 0 radical (unpaired) electrons. The number of hydrogen-bond acceptors (Lipinski definition) is 4. The van der Waals surface area contributed by atoms with Gasteiger partial charge in [-0.3, -0.25) is 9.89 Å². The van der Waals surface area contributed by atoms with Crippen LogP contribution in [0.4, 0.5) is 0 Å². The maximum absolute atomic E-state index is 11.1. The van der Waals surface area contributed by atoms with Gasteiger partial charge in [0.2, 0.25) is 0 Å². The van der Waals surface area contributed by atoms with Crippen LogP contribution >= 0.6 is 11.6 Å². The second kappa shape index (κ2) is 5.94. The predicted octanol–water partition coefficient (Wildman–Crippen LogP) is 3.74. The molecule has 1 N–H and O–H groups in total. The predicted molar refractivity (Wildman–Crippen MR) is 92.0 cm³/mol. The number of hydrogen-bond donors (Lipinski definition) is 1. The van der Waals surface area contributed by atoms with Crippen LogP contribution in [-0.4, -0.2) is 25.8 Å². The quantitative estimate of drug-likeness (QED) is 0.733. The van der Waals surface area contributed by atoms with Crippen LogP contribution in [0, 0.1) is 0 Å². The molecule has 0 spiro atoms. The van der Waals surface area contributed by atoms with Crippen molar-refractivity contribution in [1.82, 2.24) is 19.8 Å². The summed E-state index contributed by atoms with van der Waals surface area (Å²) in [5, 5.41) is 8.25. The summed E-state index contributed by atoms with van der Waals surface area (Å²) in [7, 11) is 0. The van der Waals surface area contributed by atoms with Crippen LogP contribution in [-0.2, 0) is 21.6 Å². The van der Waals surface area contributed by atoms with E-state index in [4.69, 9.17) is 16.3 Å². The molecule has 6 nitrogen and oxygen atoms in total. The summed E-state index contributed by atoms with van der Waals surface area (Å²) in [6.07, 6.45) is 0. The number of aromatic amines is 1. The van der Waals surface area contributed by atoms with E-state index in [9.17, 15) is 4.79 Å². The minimum Gasteiger partial charge on any atom is -0.461 e. The molecular weight excluding hydrogens is 328 g/mol. The lowest BCUT2D eigenvalue weighted by Crippen LogP contribution is -2.13. The molecule has 3 rings (SSSR count). The van der Waals surface area contributed by atoms with E-state index in [1.165, 1.54) is 6.92 Å². The van der Waals surface area contributed by atoms with E-state index in [1.807, 2.05) is 24.3 Å². The lowest BCUT2D eigenvalue weighted by atomic mass is 9.92. The summed E-state index contributed by atoms with van der Waals surface area (Å²) in [6.45, 7) is 7.77. The molecule has 0 saturated carbocycles. The maximum Gasteiger partial charge on any atom is 0.302 e. The fourth-order valence-corrected chi connectivity index (χ4v) is 2.90. The molecule has 1 aromatic carbocycles. The number of ether oxygens (including phenoxy) is 1. The van der Waals surface area contributed by atoms with E-state index in [0.29, 0.717) is 16.5 Å². The molecule has 0 aliphatic carbocycles. The van der Waals surface area contributed by atoms with Crippen molar-refractivity contribution < 1.29 is 9.53 Å². The van der Waals surface area contributed by atoms with E-state index >= 15 is 0 Å². The van der Waals surface area contributed by atoms with Crippen LogP contribution in [0.25, 0.3) is 17.0 Å². The molecule has 0 saturated heterocycles. The van der Waals surface area contributed by atoms with E-state index < -0.39 is 0 Å². The second-order valence-corrected chi connectivity index (χ2v) is 7.04. The van der Waals surface area contributed by atoms with E-state index in [2.05, 4.69) is 36.0 Å². The van der Waals surface area contributed by atoms with Crippen LogP contribution in [0.15, 0.2) is 24.3 Å². The van der Waals surface area contributed by atoms with Gasteiger partial charge in [-0.05, 0) is 0 Å². The lowest BCUT2D eigenvalue weighted by molar-refractivity contribution is -0.142. The number of H-pyrrole nitrogens is 1. The Labute approximate surface area is 144 Å². The zero-order valence-electron chi connectivity index (χ0n) is 14.1. The molecular formula is C17H19ClN4O2.